The number of aliphatic hydroxyl groups excluding tert-OH is 1. The molecule has 0 aromatic heterocycles. The number of rotatable bonds is 75. The van der Waals surface area contributed by atoms with Gasteiger partial charge in [-0.3, -0.25) is 9.59 Å². The molecule has 0 fully saturated rings. The largest absolute Gasteiger partial charge is 0.462 e. The van der Waals surface area contributed by atoms with E-state index < -0.39 is 6.10 Å². The Morgan fingerprint density at radius 3 is 0.698 bits per heavy atom. The molecule has 1 unspecified atom stereocenters. The van der Waals surface area contributed by atoms with Gasteiger partial charge in [0.2, 0.25) is 0 Å². The molecule has 5 heteroatoms. The summed E-state index contributed by atoms with van der Waals surface area (Å²) in [5.74, 6) is -0.562. The fraction of sp³-hybridized carbons (Fsp3) is 0.901. The van der Waals surface area contributed by atoms with Gasteiger partial charge in [-0.05, 0) is 70.6 Å². The third-order valence-electron chi connectivity index (χ3n) is 18.4. The van der Waals surface area contributed by atoms with Gasteiger partial charge >= 0.3 is 11.9 Å². The Hall–Kier alpha value is -1.88. The number of hydrogen-bond acceptors (Lipinski definition) is 5. The molecular weight excluding hydrogens is 1050 g/mol. The number of esters is 2. The van der Waals surface area contributed by atoms with Gasteiger partial charge in [0.25, 0.3) is 0 Å². The average molecular weight is 1210 g/mol. The molecule has 0 aromatic carbocycles. The number of allylic oxidation sites excluding steroid dienone is 6. The van der Waals surface area contributed by atoms with Crippen LogP contribution in [0.25, 0.3) is 0 Å². The molecule has 0 heterocycles. The Balaban J connectivity index is 3.35. The molecule has 0 saturated heterocycles. The molecular formula is C81H154O5. The summed E-state index contributed by atoms with van der Waals surface area (Å²) in [4.78, 5) is 24.7. The van der Waals surface area contributed by atoms with E-state index in [0.717, 1.165) is 38.5 Å². The molecule has 0 rings (SSSR count). The average Bonchev–Trinajstić information content (AvgIpc) is 3.55. The summed E-state index contributed by atoms with van der Waals surface area (Å²) >= 11 is 0. The first kappa shape index (κ1) is 84.1. The van der Waals surface area contributed by atoms with Gasteiger partial charge < -0.3 is 14.6 Å². The lowest BCUT2D eigenvalue weighted by atomic mass is 10.0. The quantitative estimate of drug-likeness (QED) is 0.0373. The molecule has 508 valence electrons. The summed E-state index contributed by atoms with van der Waals surface area (Å²) in [5, 5.41) is 9.72. The number of hydrogen-bond donors (Lipinski definition) is 1. The predicted octanol–water partition coefficient (Wildman–Crippen LogP) is 27.7. The highest BCUT2D eigenvalue weighted by Gasteiger charge is 2.16. The van der Waals surface area contributed by atoms with Crippen LogP contribution in [-0.4, -0.2) is 36.4 Å². The predicted molar refractivity (Wildman–Crippen MR) is 381 cm³/mol. The van der Waals surface area contributed by atoms with Gasteiger partial charge in [0.1, 0.15) is 6.61 Å². The van der Waals surface area contributed by atoms with Crippen molar-refractivity contribution in [3.63, 3.8) is 0 Å². The minimum atomic E-state index is -0.770. The summed E-state index contributed by atoms with van der Waals surface area (Å²) in [7, 11) is 0. The molecule has 5 nitrogen and oxygen atoms in total. The lowest BCUT2D eigenvalue weighted by Gasteiger charge is -2.15. The van der Waals surface area contributed by atoms with Gasteiger partial charge in [0.05, 0.1) is 6.61 Å². The Morgan fingerprint density at radius 1 is 0.267 bits per heavy atom. The van der Waals surface area contributed by atoms with Crippen LogP contribution in [0.15, 0.2) is 36.5 Å². The summed E-state index contributed by atoms with van der Waals surface area (Å²) in [6, 6.07) is 0. The fourth-order valence-corrected chi connectivity index (χ4v) is 12.5. The van der Waals surface area contributed by atoms with Crippen molar-refractivity contribution in [2.75, 3.05) is 13.2 Å². The van der Waals surface area contributed by atoms with E-state index in [4.69, 9.17) is 9.47 Å². The van der Waals surface area contributed by atoms with Crippen LogP contribution in [0.2, 0.25) is 0 Å². The van der Waals surface area contributed by atoms with Crippen molar-refractivity contribution in [3.05, 3.63) is 36.5 Å². The van der Waals surface area contributed by atoms with Crippen molar-refractivity contribution in [2.45, 2.75) is 457 Å². The zero-order valence-electron chi connectivity index (χ0n) is 58.6. The van der Waals surface area contributed by atoms with Gasteiger partial charge in [0.15, 0.2) is 6.10 Å². The topological polar surface area (TPSA) is 72.8 Å². The van der Waals surface area contributed by atoms with E-state index in [0.29, 0.717) is 12.8 Å². The number of ether oxygens (including phenoxy) is 2. The van der Waals surface area contributed by atoms with E-state index in [1.54, 1.807) is 0 Å². The van der Waals surface area contributed by atoms with Crippen molar-refractivity contribution in [1.29, 1.82) is 0 Å². The van der Waals surface area contributed by atoms with Crippen molar-refractivity contribution >= 4 is 11.9 Å². The first-order valence-electron chi connectivity index (χ1n) is 39.5. The highest BCUT2D eigenvalue weighted by molar-refractivity contribution is 5.70. The Kier molecular flexibility index (Phi) is 75.7. The molecule has 1 N–H and O–H groups in total. The first-order chi connectivity index (χ1) is 42.6. The highest BCUT2D eigenvalue weighted by atomic mass is 16.6. The minimum Gasteiger partial charge on any atom is -0.462 e. The van der Waals surface area contributed by atoms with Crippen molar-refractivity contribution < 1.29 is 24.2 Å². The van der Waals surface area contributed by atoms with Crippen LogP contribution < -0.4 is 0 Å². The second-order valence-electron chi connectivity index (χ2n) is 27.1. The molecule has 0 bridgehead atoms. The minimum absolute atomic E-state index is 0.0585. The Bertz CT molecular complexity index is 1370. The van der Waals surface area contributed by atoms with Crippen LogP contribution in [0.3, 0.4) is 0 Å². The van der Waals surface area contributed by atoms with Gasteiger partial charge in [-0.25, -0.2) is 0 Å². The maximum Gasteiger partial charge on any atom is 0.306 e. The zero-order chi connectivity index (χ0) is 61.9. The number of carbonyl (C=O) groups is 2. The Morgan fingerprint density at radius 2 is 0.465 bits per heavy atom. The molecule has 0 amide bonds. The second kappa shape index (κ2) is 77.4. The zero-order valence-corrected chi connectivity index (χ0v) is 58.6. The molecule has 0 saturated carbocycles. The first-order valence-corrected chi connectivity index (χ1v) is 39.5. The molecule has 0 aliphatic heterocycles. The molecule has 0 spiro atoms. The third-order valence-corrected chi connectivity index (χ3v) is 18.4. The highest BCUT2D eigenvalue weighted by Crippen LogP contribution is 2.20. The van der Waals surface area contributed by atoms with E-state index in [9.17, 15) is 14.7 Å². The van der Waals surface area contributed by atoms with Gasteiger partial charge in [-0.1, -0.05) is 403 Å². The van der Waals surface area contributed by atoms with Crippen molar-refractivity contribution in [2.24, 2.45) is 0 Å². The fourth-order valence-electron chi connectivity index (χ4n) is 12.5. The van der Waals surface area contributed by atoms with Crippen LogP contribution in [0, 0.1) is 0 Å². The molecule has 86 heavy (non-hydrogen) atoms. The van der Waals surface area contributed by atoms with Gasteiger partial charge in [-0.15, -0.1) is 0 Å². The number of unbranched alkanes of at least 4 members (excludes halogenated alkanes) is 61. The Labute approximate surface area is 539 Å². The van der Waals surface area contributed by atoms with E-state index in [1.807, 2.05) is 0 Å². The van der Waals surface area contributed by atoms with E-state index in [-0.39, 0.29) is 25.2 Å². The molecule has 0 aromatic rings. The second-order valence-corrected chi connectivity index (χ2v) is 27.1. The summed E-state index contributed by atoms with van der Waals surface area (Å²) in [5.41, 5.74) is 0. The molecule has 0 radical (unpaired) electrons. The van der Waals surface area contributed by atoms with Crippen LogP contribution in [0.4, 0.5) is 0 Å². The molecule has 1 atom stereocenters. The number of carbonyl (C=O) groups excluding carboxylic acids is 2. The number of aliphatic hydroxyl groups is 1. The lowest BCUT2D eigenvalue weighted by Crippen LogP contribution is -2.28. The third kappa shape index (κ3) is 74.6. The normalized spacial score (nSPS) is 12.3. The monoisotopic (exact) mass is 1210 g/mol. The van der Waals surface area contributed by atoms with Crippen LogP contribution in [-0.2, 0) is 19.1 Å². The molecule has 0 aliphatic carbocycles. The summed E-state index contributed by atoms with van der Waals surface area (Å²) < 4.78 is 10.8. The van der Waals surface area contributed by atoms with Crippen LogP contribution in [0.1, 0.15) is 450 Å². The van der Waals surface area contributed by atoms with E-state index in [1.165, 1.54) is 385 Å². The molecule has 0 aliphatic rings. The van der Waals surface area contributed by atoms with Crippen molar-refractivity contribution in [3.8, 4) is 0 Å². The van der Waals surface area contributed by atoms with Crippen LogP contribution >= 0.6 is 0 Å². The lowest BCUT2D eigenvalue weighted by molar-refractivity contribution is -0.161. The SMILES string of the molecule is CCCCCCC/C=C\C/C=C\CCCCCCCCCCCCCCCCCCCCCC(=O)OC(CO)COC(=O)CCCCCCCCCCCCCCCCCCCCCCCCCCCCCCC/C=C\CCCCCCCCCC. The summed E-state index contributed by atoms with van der Waals surface area (Å²) in [6.07, 6.45) is 104. The van der Waals surface area contributed by atoms with Crippen LogP contribution in [0.5, 0.6) is 0 Å². The van der Waals surface area contributed by atoms with E-state index in [2.05, 4.69) is 50.3 Å². The van der Waals surface area contributed by atoms with Crippen molar-refractivity contribution in [1.82, 2.24) is 0 Å². The van der Waals surface area contributed by atoms with Gasteiger partial charge in [0, 0.05) is 12.8 Å². The maximum absolute atomic E-state index is 12.4. The standard InChI is InChI=1S/C81H154O5/c1-3-5-7-9-11-13-15-17-19-21-23-25-27-29-31-33-35-36-37-38-39-40-41-42-43-44-46-47-49-51-53-55-57-59-61-63-65-67-69-71-73-75-80(83)85-78-79(77-82)86-81(84)76-74-72-70-68-66-64-62-60-58-56-54-52-50-48-45-34-32-30-28-26-24-22-20-18-16-14-12-10-8-6-4-2/h16,18,21-24,79,82H,3-15,17,19-20,25-78H2,1-2H3/b18-16-,23-21-,24-22-. The van der Waals surface area contributed by atoms with E-state index >= 15 is 0 Å². The van der Waals surface area contributed by atoms with Gasteiger partial charge in [-0.2, -0.15) is 0 Å². The smallest absolute Gasteiger partial charge is 0.306 e. The maximum atomic E-state index is 12.4. The summed E-state index contributed by atoms with van der Waals surface area (Å²) in [6.45, 7) is 4.20.